The highest BCUT2D eigenvalue weighted by atomic mass is 16.2. The summed E-state index contributed by atoms with van der Waals surface area (Å²) in [6, 6.07) is 18.2. The molecule has 1 heterocycles. The first kappa shape index (κ1) is 22.2. The van der Waals surface area contributed by atoms with E-state index in [4.69, 9.17) is 0 Å². The Kier molecular flexibility index (Phi) is 6.22. The first-order chi connectivity index (χ1) is 15.8. The maximum atomic E-state index is 12.9. The van der Waals surface area contributed by atoms with Gasteiger partial charge in [-0.25, -0.2) is 0 Å². The summed E-state index contributed by atoms with van der Waals surface area (Å²) in [6.45, 7) is 2.12. The Morgan fingerprint density at radius 2 is 1.58 bits per heavy atom. The number of amides is 4. The second kappa shape index (κ2) is 9.24. The molecule has 0 radical (unpaired) electrons. The first-order valence-corrected chi connectivity index (χ1v) is 10.8. The predicted octanol–water partition coefficient (Wildman–Crippen LogP) is 3.83. The fourth-order valence-electron chi connectivity index (χ4n) is 4.04. The molecule has 3 aromatic rings. The van der Waals surface area contributed by atoms with Crippen LogP contribution in [0.1, 0.15) is 46.0 Å². The number of anilines is 1. The lowest BCUT2D eigenvalue weighted by Crippen LogP contribution is -2.41. The van der Waals surface area contributed by atoms with Crippen molar-refractivity contribution in [1.29, 1.82) is 0 Å². The van der Waals surface area contributed by atoms with Gasteiger partial charge in [0.1, 0.15) is 0 Å². The van der Waals surface area contributed by atoms with Crippen molar-refractivity contribution < 1.29 is 19.2 Å². The fraction of sp³-hybridized carbons (Fsp3) is 0.231. The molecule has 0 aliphatic carbocycles. The summed E-state index contributed by atoms with van der Waals surface area (Å²) in [4.78, 5) is 52.6. The molecule has 4 amide bonds. The van der Waals surface area contributed by atoms with E-state index in [9.17, 15) is 19.2 Å². The summed E-state index contributed by atoms with van der Waals surface area (Å²) in [6.07, 6.45) is 0.523. The van der Waals surface area contributed by atoms with Gasteiger partial charge in [-0.2, -0.15) is 0 Å². The van der Waals surface area contributed by atoms with Crippen LogP contribution in [0.2, 0.25) is 0 Å². The van der Waals surface area contributed by atoms with Crippen molar-refractivity contribution in [1.82, 2.24) is 9.80 Å². The molecular weight excluding hydrogens is 418 g/mol. The Balaban J connectivity index is 1.36. The Hall–Kier alpha value is -4.00. The van der Waals surface area contributed by atoms with E-state index in [0.717, 1.165) is 10.9 Å². The molecular formula is C26H25N3O4. The van der Waals surface area contributed by atoms with Crippen LogP contribution in [0.3, 0.4) is 0 Å². The molecule has 7 heteroatoms. The van der Waals surface area contributed by atoms with Crippen molar-refractivity contribution in [3.8, 4) is 0 Å². The number of hydrogen-bond donors (Lipinski definition) is 1. The number of rotatable bonds is 7. The van der Waals surface area contributed by atoms with Crippen molar-refractivity contribution >= 4 is 40.1 Å². The first-order valence-electron chi connectivity index (χ1n) is 10.8. The van der Waals surface area contributed by atoms with E-state index in [0.29, 0.717) is 35.2 Å². The van der Waals surface area contributed by atoms with Crippen LogP contribution in [-0.4, -0.2) is 47.0 Å². The van der Waals surface area contributed by atoms with Gasteiger partial charge in [0.05, 0.1) is 0 Å². The molecule has 0 bridgehead atoms. The highest BCUT2D eigenvalue weighted by Crippen LogP contribution is 2.30. The van der Waals surface area contributed by atoms with E-state index in [2.05, 4.69) is 5.32 Å². The quantitative estimate of drug-likeness (QED) is 0.562. The number of nitrogens with one attached hydrogen (secondary N) is 1. The van der Waals surface area contributed by atoms with E-state index in [1.54, 1.807) is 30.1 Å². The minimum Gasteiger partial charge on any atom is -0.342 e. The highest BCUT2D eigenvalue weighted by Gasteiger charge is 2.32. The van der Waals surface area contributed by atoms with Crippen LogP contribution in [0.25, 0.3) is 10.8 Å². The average molecular weight is 444 g/mol. The standard InChI is InChI=1S/C26H25N3O4/c1-17(30)28(2)16-18-7-3-10-20(15-18)27-23(31)13-6-14-29-25(32)21-11-4-8-19-9-5-12-22(24(19)21)26(29)33/h3-5,7-12,15H,6,13-14,16H2,1-2H3,(H,27,31). The summed E-state index contributed by atoms with van der Waals surface area (Å²) >= 11 is 0. The van der Waals surface area contributed by atoms with Gasteiger partial charge >= 0.3 is 0 Å². The molecule has 3 aromatic carbocycles. The van der Waals surface area contributed by atoms with E-state index in [1.807, 2.05) is 42.5 Å². The average Bonchev–Trinajstić information content (AvgIpc) is 2.79. The monoisotopic (exact) mass is 443 g/mol. The smallest absolute Gasteiger partial charge is 0.261 e. The van der Waals surface area contributed by atoms with Crippen LogP contribution in [0, 0.1) is 0 Å². The number of carbonyl (C=O) groups excluding carboxylic acids is 4. The lowest BCUT2D eigenvalue weighted by Gasteiger charge is -2.27. The van der Waals surface area contributed by atoms with Crippen LogP contribution in [0.4, 0.5) is 5.69 Å². The minimum absolute atomic E-state index is 0.0369. The molecule has 0 atom stereocenters. The van der Waals surface area contributed by atoms with Gasteiger partial charge in [-0.05, 0) is 41.6 Å². The van der Waals surface area contributed by atoms with E-state index < -0.39 is 0 Å². The summed E-state index contributed by atoms with van der Waals surface area (Å²) in [5.41, 5.74) is 2.57. The molecule has 168 valence electrons. The van der Waals surface area contributed by atoms with Gasteiger partial charge in [0, 0.05) is 55.7 Å². The lowest BCUT2D eigenvalue weighted by atomic mass is 9.94. The number of imide groups is 1. The normalized spacial score (nSPS) is 12.7. The Morgan fingerprint density at radius 1 is 0.939 bits per heavy atom. The number of carbonyl (C=O) groups is 4. The van der Waals surface area contributed by atoms with E-state index in [1.165, 1.54) is 11.8 Å². The Bertz CT molecular complexity index is 1220. The largest absolute Gasteiger partial charge is 0.342 e. The number of benzene rings is 3. The molecule has 0 saturated heterocycles. The van der Waals surface area contributed by atoms with Crippen LogP contribution in [-0.2, 0) is 16.1 Å². The second-order valence-electron chi connectivity index (χ2n) is 8.20. The van der Waals surface area contributed by atoms with Crippen LogP contribution in [0.15, 0.2) is 60.7 Å². The zero-order valence-corrected chi connectivity index (χ0v) is 18.6. The SMILES string of the molecule is CC(=O)N(C)Cc1cccc(NC(=O)CCCN2C(=O)c3cccc4cccc(c34)C2=O)c1. The molecule has 0 unspecified atom stereocenters. The summed E-state index contributed by atoms with van der Waals surface area (Å²) < 4.78 is 0. The van der Waals surface area contributed by atoms with E-state index >= 15 is 0 Å². The maximum absolute atomic E-state index is 12.9. The van der Waals surface area contributed by atoms with E-state index in [-0.39, 0.29) is 36.6 Å². The van der Waals surface area contributed by atoms with Gasteiger partial charge < -0.3 is 10.2 Å². The molecule has 0 spiro atoms. The van der Waals surface area contributed by atoms with Gasteiger partial charge in [0.15, 0.2) is 0 Å². The Morgan fingerprint density at radius 3 is 2.21 bits per heavy atom. The predicted molar refractivity (Wildman–Crippen MR) is 126 cm³/mol. The summed E-state index contributed by atoms with van der Waals surface area (Å²) in [5.74, 6) is -0.893. The van der Waals surface area contributed by atoms with Gasteiger partial charge in [-0.3, -0.25) is 24.1 Å². The topological polar surface area (TPSA) is 86.8 Å². The fourth-order valence-corrected chi connectivity index (χ4v) is 4.04. The molecule has 33 heavy (non-hydrogen) atoms. The molecule has 0 fully saturated rings. The van der Waals surface area contributed by atoms with Gasteiger partial charge in [-0.15, -0.1) is 0 Å². The molecule has 1 aliphatic heterocycles. The van der Waals surface area contributed by atoms with Crippen molar-refractivity contribution in [3.63, 3.8) is 0 Å². The molecule has 0 aromatic heterocycles. The zero-order chi connectivity index (χ0) is 23.5. The molecule has 4 rings (SSSR count). The number of nitrogens with zero attached hydrogens (tertiary/aromatic N) is 2. The van der Waals surface area contributed by atoms with Gasteiger partial charge in [-0.1, -0.05) is 36.4 Å². The van der Waals surface area contributed by atoms with Crippen molar-refractivity contribution in [2.75, 3.05) is 18.9 Å². The third-order valence-corrected chi connectivity index (χ3v) is 5.81. The molecule has 7 nitrogen and oxygen atoms in total. The summed E-state index contributed by atoms with van der Waals surface area (Å²) in [7, 11) is 1.72. The zero-order valence-electron chi connectivity index (χ0n) is 18.6. The molecule has 1 aliphatic rings. The van der Waals surface area contributed by atoms with Crippen LogP contribution < -0.4 is 5.32 Å². The van der Waals surface area contributed by atoms with Crippen LogP contribution >= 0.6 is 0 Å². The highest BCUT2D eigenvalue weighted by molar-refractivity contribution is 6.25. The minimum atomic E-state index is -0.327. The maximum Gasteiger partial charge on any atom is 0.261 e. The Labute approximate surface area is 192 Å². The molecule has 0 saturated carbocycles. The van der Waals surface area contributed by atoms with Gasteiger partial charge in [0.25, 0.3) is 11.8 Å². The molecule has 1 N–H and O–H groups in total. The van der Waals surface area contributed by atoms with Crippen molar-refractivity contribution in [2.45, 2.75) is 26.3 Å². The lowest BCUT2D eigenvalue weighted by molar-refractivity contribution is -0.128. The second-order valence-corrected chi connectivity index (χ2v) is 8.20. The van der Waals surface area contributed by atoms with Crippen molar-refractivity contribution in [3.05, 3.63) is 77.4 Å². The third kappa shape index (κ3) is 4.62. The van der Waals surface area contributed by atoms with Gasteiger partial charge in [0.2, 0.25) is 11.8 Å². The van der Waals surface area contributed by atoms with Crippen LogP contribution in [0.5, 0.6) is 0 Å². The summed E-state index contributed by atoms with van der Waals surface area (Å²) in [5, 5.41) is 4.40. The van der Waals surface area contributed by atoms with Crippen molar-refractivity contribution in [2.24, 2.45) is 0 Å². The number of hydrogen-bond acceptors (Lipinski definition) is 4. The third-order valence-electron chi connectivity index (χ3n) is 5.81.